The molecule has 0 heterocycles. The Morgan fingerprint density at radius 3 is 1.13 bits per heavy atom. The minimum Gasteiger partial charge on any atom is -0.394 e. The lowest BCUT2D eigenvalue weighted by atomic mass is 10.1. The van der Waals surface area contributed by atoms with E-state index in [4.69, 9.17) is 14.2 Å². The van der Waals surface area contributed by atoms with Gasteiger partial charge in [0.1, 0.15) is 18.3 Å². The van der Waals surface area contributed by atoms with E-state index in [-0.39, 0.29) is 13.2 Å². The predicted molar refractivity (Wildman–Crippen MR) is 119 cm³/mol. The molecule has 0 amide bonds. The Hall–Kier alpha value is -2.54. The molecule has 0 aliphatic heterocycles. The Labute approximate surface area is 183 Å². The van der Waals surface area contributed by atoms with E-state index >= 15 is 0 Å². The lowest BCUT2D eigenvalue weighted by Crippen LogP contribution is -2.46. The second-order valence-electron chi connectivity index (χ2n) is 7.30. The summed E-state index contributed by atoms with van der Waals surface area (Å²) in [6.07, 6.45) is -1.96. The molecule has 5 heteroatoms. The lowest BCUT2D eigenvalue weighted by Gasteiger charge is -2.32. The van der Waals surface area contributed by atoms with Gasteiger partial charge in [0.05, 0.1) is 33.0 Å². The molecule has 5 nitrogen and oxygen atoms in total. The summed E-state index contributed by atoms with van der Waals surface area (Å²) in [4.78, 5) is 0. The van der Waals surface area contributed by atoms with E-state index in [1.165, 1.54) is 0 Å². The molecular formula is C26H30O5. The van der Waals surface area contributed by atoms with Crippen LogP contribution in [0.5, 0.6) is 0 Å². The van der Waals surface area contributed by atoms with Gasteiger partial charge in [-0.1, -0.05) is 91.0 Å². The minimum atomic E-state index is -0.656. The molecule has 0 aliphatic rings. The first kappa shape index (κ1) is 23.1. The number of rotatable bonds is 13. The van der Waals surface area contributed by atoms with Crippen LogP contribution >= 0.6 is 0 Å². The number of benzene rings is 3. The van der Waals surface area contributed by atoms with Gasteiger partial charge >= 0.3 is 0 Å². The monoisotopic (exact) mass is 422 g/mol. The first-order valence-corrected chi connectivity index (χ1v) is 10.5. The van der Waals surface area contributed by atoms with Gasteiger partial charge in [-0.05, 0) is 16.7 Å². The topological polar surface area (TPSA) is 68.2 Å². The Morgan fingerprint density at radius 2 is 0.806 bits per heavy atom. The van der Waals surface area contributed by atoms with Crippen molar-refractivity contribution in [3.8, 4) is 0 Å². The fourth-order valence-electron chi connectivity index (χ4n) is 3.28. The summed E-state index contributed by atoms with van der Waals surface area (Å²) < 4.78 is 18.1. The predicted octanol–water partition coefficient (Wildman–Crippen LogP) is 3.73. The largest absolute Gasteiger partial charge is 0.394 e. The lowest BCUT2D eigenvalue weighted by molar-refractivity contribution is -0.170. The van der Waals surface area contributed by atoms with Gasteiger partial charge in [-0.2, -0.15) is 0 Å². The van der Waals surface area contributed by atoms with Crippen LogP contribution in [-0.2, 0) is 34.0 Å². The van der Waals surface area contributed by atoms with Crippen molar-refractivity contribution in [1.82, 2.24) is 0 Å². The van der Waals surface area contributed by atoms with Crippen LogP contribution in [-0.4, -0.2) is 41.7 Å². The molecule has 164 valence electrons. The molecule has 3 rings (SSSR count). The van der Waals surface area contributed by atoms with Crippen LogP contribution in [0.25, 0.3) is 0 Å². The van der Waals surface area contributed by atoms with Crippen molar-refractivity contribution in [1.29, 1.82) is 0 Å². The van der Waals surface area contributed by atoms with Crippen LogP contribution in [0.15, 0.2) is 91.0 Å². The van der Waals surface area contributed by atoms with Gasteiger partial charge in [0.15, 0.2) is 0 Å². The van der Waals surface area contributed by atoms with Gasteiger partial charge in [0.25, 0.3) is 0 Å². The third-order valence-corrected chi connectivity index (χ3v) is 4.99. The number of ether oxygens (including phenoxy) is 3. The van der Waals surface area contributed by atoms with Crippen molar-refractivity contribution >= 4 is 0 Å². The summed E-state index contributed by atoms with van der Waals surface area (Å²) in [6.45, 7) is 0.471. The molecule has 0 fully saturated rings. The average Bonchev–Trinajstić information content (AvgIpc) is 2.84. The summed E-state index contributed by atoms with van der Waals surface area (Å²) in [5.41, 5.74) is 2.98. The van der Waals surface area contributed by atoms with Crippen LogP contribution in [0, 0.1) is 0 Å². The maximum absolute atomic E-state index is 10.1. The highest BCUT2D eigenvalue weighted by molar-refractivity contribution is 5.15. The van der Waals surface area contributed by atoms with E-state index in [1.54, 1.807) is 0 Å². The SMILES string of the molecule is OC[C@@H](OCc1ccccc1)C(OCc1ccccc1)[C@@H](CO)OCc1ccccc1. The third kappa shape index (κ3) is 7.58. The first-order chi connectivity index (χ1) is 15.3. The molecule has 0 saturated carbocycles. The van der Waals surface area contributed by atoms with Gasteiger partial charge in [-0.3, -0.25) is 0 Å². The van der Waals surface area contributed by atoms with Crippen LogP contribution in [0.4, 0.5) is 0 Å². The molecule has 0 spiro atoms. The Balaban J connectivity index is 1.70. The van der Waals surface area contributed by atoms with Crippen molar-refractivity contribution in [2.24, 2.45) is 0 Å². The number of hydrogen-bond donors (Lipinski definition) is 2. The van der Waals surface area contributed by atoms with E-state index < -0.39 is 18.3 Å². The molecule has 0 saturated heterocycles. The van der Waals surface area contributed by atoms with E-state index in [0.29, 0.717) is 19.8 Å². The number of aliphatic hydroxyl groups is 2. The number of hydrogen-bond acceptors (Lipinski definition) is 5. The van der Waals surface area contributed by atoms with E-state index in [1.807, 2.05) is 91.0 Å². The average molecular weight is 423 g/mol. The summed E-state index contributed by atoms with van der Waals surface area (Å²) >= 11 is 0. The summed E-state index contributed by atoms with van der Waals surface area (Å²) in [7, 11) is 0. The van der Waals surface area contributed by atoms with Crippen molar-refractivity contribution in [3.63, 3.8) is 0 Å². The fraction of sp³-hybridized carbons (Fsp3) is 0.308. The molecule has 0 unspecified atom stereocenters. The molecular weight excluding hydrogens is 392 g/mol. The van der Waals surface area contributed by atoms with Crippen molar-refractivity contribution < 1.29 is 24.4 Å². The zero-order chi connectivity index (χ0) is 21.7. The van der Waals surface area contributed by atoms with Crippen molar-refractivity contribution in [3.05, 3.63) is 108 Å². The highest BCUT2D eigenvalue weighted by atomic mass is 16.6. The van der Waals surface area contributed by atoms with Gasteiger partial charge < -0.3 is 24.4 Å². The van der Waals surface area contributed by atoms with Crippen LogP contribution in [0.1, 0.15) is 16.7 Å². The van der Waals surface area contributed by atoms with Crippen molar-refractivity contribution in [2.75, 3.05) is 13.2 Å². The molecule has 3 aromatic carbocycles. The Morgan fingerprint density at radius 1 is 0.484 bits per heavy atom. The zero-order valence-corrected chi connectivity index (χ0v) is 17.5. The first-order valence-electron chi connectivity index (χ1n) is 10.5. The highest BCUT2D eigenvalue weighted by Crippen LogP contribution is 2.18. The fourth-order valence-corrected chi connectivity index (χ4v) is 3.28. The van der Waals surface area contributed by atoms with Gasteiger partial charge in [-0.15, -0.1) is 0 Å². The quantitative estimate of drug-likeness (QED) is 0.439. The van der Waals surface area contributed by atoms with Gasteiger partial charge in [-0.25, -0.2) is 0 Å². The van der Waals surface area contributed by atoms with E-state index in [9.17, 15) is 10.2 Å². The summed E-state index contributed by atoms with van der Waals surface area (Å²) in [5, 5.41) is 20.1. The van der Waals surface area contributed by atoms with Crippen LogP contribution in [0.3, 0.4) is 0 Å². The maximum Gasteiger partial charge on any atom is 0.115 e. The van der Waals surface area contributed by atoms with Crippen LogP contribution < -0.4 is 0 Å². The Kier molecular flexibility index (Phi) is 9.70. The van der Waals surface area contributed by atoms with Crippen molar-refractivity contribution in [2.45, 2.75) is 38.1 Å². The van der Waals surface area contributed by atoms with Crippen LogP contribution in [0.2, 0.25) is 0 Å². The van der Waals surface area contributed by atoms with Gasteiger partial charge in [0.2, 0.25) is 0 Å². The standard InChI is InChI=1S/C26H30O5/c27-16-24(29-18-21-10-4-1-5-11-21)26(31-20-23-14-8-3-9-15-23)25(17-28)30-19-22-12-6-2-7-13-22/h1-15,24-28H,16-20H2/t24-,25-/m1/s1. The molecule has 0 aliphatic carbocycles. The molecule has 0 bridgehead atoms. The third-order valence-electron chi connectivity index (χ3n) is 4.99. The zero-order valence-electron chi connectivity index (χ0n) is 17.5. The second kappa shape index (κ2) is 13.0. The maximum atomic E-state index is 10.1. The van der Waals surface area contributed by atoms with E-state index in [0.717, 1.165) is 16.7 Å². The Bertz CT molecular complexity index is 790. The normalized spacial score (nSPS) is 13.3. The molecule has 0 aromatic heterocycles. The number of aliphatic hydroxyl groups excluding tert-OH is 2. The molecule has 2 atom stereocenters. The molecule has 0 radical (unpaired) electrons. The molecule has 2 N–H and O–H groups in total. The summed E-state index contributed by atoms with van der Waals surface area (Å²) in [5.74, 6) is 0. The minimum absolute atomic E-state index is 0.252. The molecule has 3 aromatic rings. The summed E-state index contributed by atoms with van der Waals surface area (Å²) in [6, 6.07) is 29.3. The highest BCUT2D eigenvalue weighted by Gasteiger charge is 2.32. The van der Waals surface area contributed by atoms with Gasteiger partial charge in [0, 0.05) is 0 Å². The van der Waals surface area contributed by atoms with E-state index in [2.05, 4.69) is 0 Å². The molecule has 31 heavy (non-hydrogen) atoms. The second-order valence-corrected chi connectivity index (χ2v) is 7.30. The smallest absolute Gasteiger partial charge is 0.115 e.